The highest BCUT2D eigenvalue weighted by molar-refractivity contribution is 5.74. The Morgan fingerprint density at radius 1 is 1.07 bits per heavy atom. The summed E-state index contributed by atoms with van der Waals surface area (Å²) in [5.74, 6) is 0.275. The van der Waals surface area contributed by atoms with Gasteiger partial charge in [-0.05, 0) is 34.3 Å². The monoisotopic (exact) mass is 202 g/mol. The SMILES string of the molecule is O=Cc1ccc(OOOOOO)cc1. The summed E-state index contributed by atoms with van der Waals surface area (Å²) in [5, 5.41) is 21.7. The van der Waals surface area contributed by atoms with Gasteiger partial charge in [-0.1, -0.05) is 0 Å². The molecule has 0 atom stereocenters. The fourth-order valence-corrected chi connectivity index (χ4v) is 0.679. The zero-order chi connectivity index (χ0) is 10.2. The van der Waals surface area contributed by atoms with Crippen molar-refractivity contribution in [1.82, 2.24) is 0 Å². The third kappa shape index (κ3) is 3.47. The maximum atomic E-state index is 10.3. The number of hydrogen-bond acceptors (Lipinski definition) is 7. The minimum Gasteiger partial charge on any atom is -0.306 e. The summed E-state index contributed by atoms with van der Waals surface area (Å²) in [4.78, 5) is 14.7. The van der Waals surface area contributed by atoms with E-state index in [0.717, 1.165) is 0 Å². The van der Waals surface area contributed by atoms with Gasteiger partial charge in [-0.15, -0.1) is 0 Å². The zero-order valence-electron chi connectivity index (χ0n) is 6.78. The van der Waals surface area contributed by atoms with Crippen molar-refractivity contribution in [1.29, 1.82) is 0 Å². The molecule has 7 nitrogen and oxygen atoms in total. The van der Waals surface area contributed by atoms with Gasteiger partial charge in [0.1, 0.15) is 6.29 Å². The Morgan fingerprint density at radius 2 is 1.79 bits per heavy atom. The van der Waals surface area contributed by atoms with Gasteiger partial charge in [-0.25, -0.2) is 5.26 Å². The molecule has 0 fully saturated rings. The zero-order valence-corrected chi connectivity index (χ0v) is 6.78. The lowest BCUT2D eigenvalue weighted by molar-refractivity contribution is -0.741. The highest BCUT2D eigenvalue weighted by atomic mass is 17.8. The van der Waals surface area contributed by atoms with Crippen LogP contribution in [0.25, 0.3) is 0 Å². The molecule has 1 aromatic carbocycles. The number of carbonyl (C=O) groups excluding carboxylic acids is 1. The average molecular weight is 202 g/mol. The van der Waals surface area contributed by atoms with Crippen LogP contribution < -0.4 is 4.89 Å². The van der Waals surface area contributed by atoms with E-state index in [-0.39, 0.29) is 5.75 Å². The number of benzene rings is 1. The largest absolute Gasteiger partial charge is 0.306 e. The predicted octanol–water partition coefficient (Wildman–Crippen LogP) is 1.08. The Morgan fingerprint density at radius 3 is 2.36 bits per heavy atom. The molecule has 0 aliphatic heterocycles. The molecule has 7 heteroatoms. The molecule has 0 saturated carbocycles. The summed E-state index contributed by atoms with van der Waals surface area (Å²) in [6.45, 7) is 0. The third-order valence-corrected chi connectivity index (χ3v) is 1.23. The molecular weight excluding hydrogens is 196 g/mol. The second-order valence-electron chi connectivity index (χ2n) is 2.05. The molecule has 0 unspecified atom stereocenters. The van der Waals surface area contributed by atoms with Crippen LogP contribution in [0.1, 0.15) is 10.4 Å². The molecule has 1 rings (SSSR count). The number of aldehydes is 1. The lowest BCUT2D eigenvalue weighted by Gasteiger charge is -1.99. The molecule has 14 heavy (non-hydrogen) atoms. The number of hydrogen-bond donors (Lipinski definition) is 1. The number of rotatable bonds is 6. The van der Waals surface area contributed by atoms with Gasteiger partial charge in [0.05, 0.1) is 0 Å². The lowest BCUT2D eigenvalue weighted by atomic mass is 10.2. The standard InChI is InChI=1S/C7H6O7/c8-5-6-1-3-7(4-2-6)10-12-14-13-11-9/h1-5,9H. The van der Waals surface area contributed by atoms with Gasteiger partial charge in [-0.2, -0.15) is 0 Å². The van der Waals surface area contributed by atoms with E-state index in [2.05, 4.69) is 25.0 Å². The van der Waals surface area contributed by atoms with Crippen LogP contribution in [0, 0.1) is 0 Å². The van der Waals surface area contributed by atoms with Gasteiger partial charge >= 0.3 is 0 Å². The van der Waals surface area contributed by atoms with Crippen LogP contribution in [0.5, 0.6) is 5.75 Å². The van der Waals surface area contributed by atoms with Crippen LogP contribution in [0.3, 0.4) is 0 Å². The van der Waals surface area contributed by atoms with Crippen LogP contribution in [-0.4, -0.2) is 11.5 Å². The van der Waals surface area contributed by atoms with Crippen LogP contribution >= 0.6 is 0 Å². The molecule has 0 aromatic heterocycles. The van der Waals surface area contributed by atoms with Gasteiger partial charge in [-0.3, -0.25) is 4.79 Å². The average Bonchev–Trinajstić information content (AvgIpc) is 2.25. The molecule has 0 aliphatic carbocycles. The summed E-state index contributed by atoms with van der Waals surface area (Å²) in [7, 11) is 0. The second-order valence-corrected chi connectivity index (χ2v) is 2.05. The summed E-state index contributed by atoms with van der Waals surface area (Å²) < 4.78 is 0. The molecule has 1 N–H and O–H groups in total. The van der Waals surface area contributed by atoms with Crippen LogP contribution in [0.4, 0.5) is 0 Å². The second kappa shape index (κ2) is 6.02. The van der Waals surface area contributed by atoms with Crippen molar-refractivity contribution in [3.8, 4) is 5.75 Å². The smallest absolute Gasteiger partial charge is 0.168 e. The van der Waals surface area contributed by atoms with Crippen LogP contribution in [0.15, 0.2) is 24.3 Å². The van der Waals surface area contributed by atoms with Crippen molar-refractivity contribution in [3.05, 3.63) is 29.8 Å². The van der Waals surface area contributed by atoms with Gasteiger partial charge < -0.3 is 4.89 Å². The van der Waals surface area contributed by atoms with E-state index in [4.69, 9.17) is 5.26 Å². The minimum atomic E-state index is 0.275. The van der Waals surface area contributed by atoms with Crippen molar-refractivity contribution in [2.24, 2.45) is 0 Å². The van der Waals surface area contributed by atoms with Crippen molar-refractivity contribution < 1.29 is 35.1 Å². The molecule has 0 saturated heterocycles. The fraction of sp³-hybridized carbons (Fsp3) is 0. The first-order valence-corrected chi connectivity index (χ1v) is 3.40. The van der Waals surface area contributed by atoms with Gasteiger partial charge in [0.25, 0.3) is 0 Å². The van der Waals surface area contributed by atoms with E-state index >= 15 is 0 Å². The van der Waals surface area contributed by atoms with Crippen molar-refractivity contribution >= 4 is 6.29 Å². The van der Waals surface area contributed by atoms with Crippen molar-refractivity contribution in [2.45, 2.75) is 0 Å². The van der Waals surface area contributed by atoms with E-state index in [1.807, 2.05) is 0 Å². The van der Waals surface area contributed by atoms with E-state index in [1.165, 1.54) is 24.3 Å². The van der Waals surface area contributed by atoms with Gasteiger partial charge in [0.2, 0.25) is 0 Å². The molecule has 0 radical (unpaired) electrons. The Labute approximate surface area is 78.0 Å². The first-order valence-electron chi connectivity index (χ1n) is 3.40. The Hall–Kier alpha value is -1.51. The highest BCUT2D eigenvalue weighted by Gasteiger charge is 1.96. The molecular formula is C7H6O7. The van der Waals surface area contributed by atoms with E-state index in [9.17, 15) is 4.79 Å². The molecule has 0 amide bonds. The topological polar surface area (TPSA) is 83.5 Å². The first kappa shape index (κ1) is 10.6. The predicted molar refractivity (Wildman–Crippen MR) is 39.4 cm³/mol. The number of carbonyl (C=O) groups is 1. The molecule has 76 valence electrons. The Bertz CT molecular complexity index is 270. The normalized spacial score (nSPS) is 9.79. The van der Waals surface area contributed by atoms with Crippen LogP contribution in [-0.2, 0) is 20.2 Å². The summed E-state index contributed by atoms with van der Waals surface area (Å²) in [5.41, 5.74) is 0.494. The molecule has 0 bridgehead atoms. The van der Waals surface area contributed by atoms with Crippen LogP contribution in [0.2, 0.25) is 0 Å². The Kier molecular flexibility index (Phi) is 4.55. The molecule has 0 spiro atoms. The van der Waals surface area contributed by atoms with Gasteiger partial charge in [0, 0.05) is 15.6 Å². The Balaban J connectivity index is 2.32. The maximum absolute atomic E-state index is 10.3. The van der Waals surface area contributed by atoms with E-state index in [0.29, 0.717) is 11.8 Å². The van der Waals surface area contributed by atoms with E-state index < -0.39 is 0 Å². The summed E-state index contributed by atoms with van der Waals surface area (Å²) in [6, 6.07) is 5.95. The van der Waals surface area contributed by atoms with Gasteiger partial charge in [0.15, 0.2) is 5.75 Å². The van der Waals surface area contributed by atoms with E-state index in [1.54, 1.807) is 0 Å². The molecule has 0 heterocycles. The summed E-state index contributed by atoms with van der Waals surface area (Å²) >= 11 is 0. The quantitative estimate of drug-likeness (QED) is 0.319. The highest BCUT2D eigenvalue weighted by Crippen LogP contribution is 2.11. The summed E-state index contributed by atoms with van der Waals surface area (Å²) in [6.07, 6.45) is 0.684. The van der Waals surface area contributed by atoms with Crippen molar-refractivity contribution in [3.63, 3.8) is 0 Å². The maximum Gasteiger partial charge on any atom is 0.168 e. The fourth-order valence-electron chi connectivity index (χ4n) is 0.679. The molecule has 0 aliphatic rings. The molecule has 1 aromatic rings. The third-order valence-electron chi connectivity index (χ3n) is 1.23. The van der Waals surface area contributed by atoms with Crippen molar-refractivity contribution in [2.75, 3.05) is 0 Å². The lowest BCUT2D eigenvalue weighted by Crippen LogP contribution is -2.00. The first-order chi connectivity index (χ1) is 6.86. The minimum absolute atomic E-state index is 0.275.